The molecule has 0 aromatic heterocycles. The quantitative estimate of drug-likeness (QED) is 0.788. The summed E-state index contributed by atoms with van der Waals surface area (Å²) in [6, 6.07) is 8.03. The summed E-state index contributed by atoms with van der Waals surface area (Å²) in [7, 11) is 0. The fourth-order valence-corrected chi connectivity index (χ4v) is 2.18. The van der Waals surface area contributed by atoms with Gasteiger partial charge < -0.3 is 10.0 Å². The number of aliphatic hydroxyl groups is 1. The highest BCUT2D eigenvalue weighted by atomic mass is 79.9. The van der Waals surface area contributed by atoms with Crippen LogP contribution < -0.4 is 10.6 Å². The van der Waals surface area contributed by atoms with E-state index in [1.54, 1.807) is 0 Å². The highest BCUT2D eigenvalue weighted by Crippen LogP contribution is 2.06. The summed E-state index contributed by atoms with van der Waals surface area (Å²) in [5.41, 5.74) is 0. The summed E-state index contributed by atoms with van der Waals surface area (Å²) in [5.74, 6) is 0. The van der Waals surface area contributed by atoms with Crippen molar-refractivity contribution in [3.8, 4) is 0 Å². The van der Waals surface area contributed by atoms with E-state index in [1.165, 1.54) is 0 Å². The monoisotopic (exact) mass is 268 g/mol. The largest absolute Gasteiger partial charge is 0.395 e. The molecule has 2 rings (SSSR count). The van der Waals surface area contributed by atoms with Gasteiger partial charge in [-0.1, -0.05) is 34.1 Å². The van der Waals surface area contributed by atoms with Crippen molar-refractivity contribution in [2.45, 2.75) is 6.17 Å². The summed E-state index contributed by atoms with van der Waals surface area (Å²) < 4.78 is 0. The zero-order valence-corrected chi connectivity index (χ0v) is 9.89. The lowest BCUT2D eigenvalue weighted by atomic mass is 10.2. The molecular formula is C11H13BrN2O. The molecule has 0 fully saturated rings. The van der Waals surface area contributed by atoms with Crippen LogP contribution in [0.3, 0.4) is 0 Å². The van der Waals surface area contributed by atoms with Gasteiger partial charge >= 0.3 is 0 Å². The summed E-state index contributed by atoms with van der Waals surface area (Å²) in [5, 5.41) is 11.9. The molecule has 4 heteroatoms. The molecule has 1 unspecified atom stereocenters. The number of aliphatic hydroxyl groups excluding tert-OH is 1. The molecule has 15 heavy (non-hydrogen) atoms. The van der Waals surface area contributed by atoms with Gasteiger partial charge in [0, 0.05) is 23.3 Å². The Kier molecular flexibility index (Phi) is 3.38. The topological polar surface area (TPSA) is 35.8 Å². The molecule has 1 aliphatic heterocycles. The zero-order chi connectivity index (χ0) is 10.7. The lowest BCUT2D eigenvalue weighted by Crippen LogP contribution is -2.43. The summed E-state index contributed by atoms with van der Waals surface area (Å²) in [6.45, 7) is 0.770. The normalized spacial score (nSPS) is 19.1. The predicted molar refractivity (Wildman–Crippen MR) is 63.1 cm³/mol. The molecule has 3 nitrogen and oxygen atoms in total. The maximum absolute atomic E-state index is 8.96. The van der Waals surface area contributed by atoms with Crippen LogP contribution in [0.2, 0.25) is 0 Å². The Balaban J connectivity index is 2.43. The second kappa shape index (κ2) is 4.77. The number of β-amino-alcohol motifs (C(OH)–C–C–N with tert-alkyl or cyclic N) is 1. The van der Waals surface area contributed by atoms with Gasteiger partial charge in [0.1, 0.15) is 6.17 Å². The number of nitrogens with zero attached hydrogens (tertiary/aromatic N) is 2. The minimum Gasteiger partial charge on any atom is -0.395 e. The standard InChI is InChI=1S/C11H13BrN2O/c12-7-11-13-10-4-2-1-3-9(10)8-14(11)5-6-15/h1-4,8,11,15H,5-7H2. The molecule has 0 saturated carbocycles. The second-order valence-electron chi connectivity index (χ2n) is 3.41. The zero-order valence-electron chi connectivity index (χ0n) is 8.31. The molecule has 1 aromatic carbocycles. The first-order valence-corrected chi connectivity index (χ1v) is 6.04. The molecule has 0 aliphatic carbocycles. The third-order valence-electron chi connectivity index (χ3n) is 2.41. The van der Waals surface area contributed by atoms with E-state index in [4.69, 9.17) is 5.11 Å². The van der Waals surface area contributed by atoms with Gasteiger partial charge in [0.05, 0.1) is 12.0 Å². The fraction of sp³-hybridized carbons (Fsp3) is 0.364. The van der Waals surface area contributed by atoms with Crippen molar-refractivity contribution in [2.75, 3.05) is 18.5 Å². The Morgan fingerprint density at radius 2 is 2.20 bits per heavy atom. The van der Waals surface area contributed by atoms with E-state index < -0.39 is 0 Å². The van der Waals surface area contributed by atoms with Crippen molar-refractivity contribution in [3.63, 3.8) is 0 Å². The Morgan fingerprint density at radius 3 is 2.93 bits per heavy atom. The maximum Gasteiger partial charge on any atom is 0.131 e. The highest BCUT2D eigenvalue weighted by Gasteiger charge is 2.14. The van der Waals surface area contributed by atoms with Crippen LogP contribution in [0, 0.1) is 0 Å². The molecule has 0 radical (unpaired) electrons. The third kappa shape index (κ3) is 2.21. The van der Waals surface area contributed by atoms with E-state index in [0.717, 1.165) is 15.9 Å². The van der Waals surface area contributed by atoms with E-state index in [9.17, 15) is 0 Å². The Hall–Kier alpha value is -0.870. The van der Waals surface area contributed by atoms with Crippen molar-refractivity contribution in [2.24, 2.45) is 4.99 Å². The van der Waals surface area contributed by atoms with E-state index in [-0.39, 0.29) is 12.8 Å². The molecule has 1 N–H and O–H groups in total. The van der Waals surface area contributed by atoms with Gasteiger partial charge in [0.25, 0.3) is 0 Å². The maximum atomic E-state index is 8.96. The van der Waals surface area contributed by atoms with Gasteiger partial charge in [-0.25, -0.2) is 0 Å². The number of halogens is 1. The van der Waals surface area contributed by atoms with Gasteiger partial charge in [-0.3, -0.25) is 4.99 Å². The molecular weight excluding hydrogens is 256 g/mol. The average Bonchev–Trinajstić information content (AvgIpc) is 2.28. The fourth-order valence-electron chi connectivity index (χ4n) is 1.67. The smallest absolute Gasteiger partial charge is 0.131 e. The Labute approximate surface area is 96.9 Å². The molecule has 0 bridgehead atoms. The molecule has 1 heterocycles. The minimum absolute atomic E-state index is 0.0899. The first-order chi connectivity index (χ1) is 7.35. The molecule has 0 amide bonds. The van der Waals surface area contributed by atoms with Crippen LogP contribution in [-0.2, 0) is 0 Å². The van der Waals surface area contributed by atoms with Gasteiger partial charge in [0.2, 0.25) is 0 Å². The van der Waals surface area contributed by atoms with E-state index >= 15 is 0 Å². The summed E-state index contributed by atoms with van der Waals surface area (Å²) in [4.78, 5) is 6.65. The molecule has 1 aromatic rings. The Morgan fingerprint density at radius 1 is 1.40 bits per heavy atom. The van der Waals surface area contributed by atoms with Crippen LogP contribution in [-0.4, -0.2) is 34.7 Å². The number of benzene rings is 1. The van der Waals surface area contributed by atoms with Crippen molar-refractivity contribution >= 4 is 22.1 Å². The van der Waals surface area contributed by atoms with Crippen LogP contribution in [0.25, 0.3) is 6.20 Å². The summed E-state index contributed by atoms with van der Waals surface area (Å²) >= 11 is 3.44. The van der Waals surface area contributed by atoms with Gasteiger partial charge in [-0.15, -0.1) is 0 Å². The van der Waals surface area contributed by atoms with Gasteiger partial charge in [0.15, 0.2) is 0 Å². The lowest BCUT2D eigenvalue weighted by molar-refractivity contribution is 0.222. The third-order valence-corrected chi connectivity index (χ3v) is 2.99. The van der Waals surface area contributed by atoms with Gasteiger partial charge in [-0.05, 0) is 6.07 Å². The minimum atomic E-state index is 0.0899. The van der Waals surface area contributed by atoms with Crippen molar-refractivity contribution in [3.05, 3.63) is 34.8 Å². The van der Waals surface area contributed by atoms with E-state index in [0.29, 0.717) is 6.54 Å². The van der Waals surface area contributed by atoms with Crippen LogP contribution in [0.4, 0.5) is 0 Å². The van der Waals surface area contributed by atoms with Crippen LogP contribution >= 0.6 is 15.9 Å². The SMILES string of the molecule is OCCN1C=c2ccccc2=NC1CBr. The van der Waals surface area contributed by atoms with Crippen LogP contribution in [0.1, 0.15) is 0 Å². The molecule has 1 atom stereocenters. The van der Waals surface area contributed by atoms with Crippen LogP contribution in [0.5, 0.6) is 0 Å². The number of fused-ring (bicyclic) bond motifs is 1. The lowest BCUT2D eigenvalue weighted by Gasteiger charge is -2.27. The van der Waals surface area contributed by atoms with Crippen molar-refractivity contribution < 1.29 is 5.11 Å². The van der Waals surface area contributed by atoms with E-state index in [1.807, 2.05) is 24.3 Å². The first-order valence-electron chi connectivity index (χ1n) is 4.92. The van der Waals surface area contributed by atoms with E-state index in [2.05, 4.69) is 32.0 Å². The summed E-state index contributed by atoms with van der Waals surface area (Å²) in [6.07, 6.45) is 2.15. The average molecular weight is 269 g/mol. The molecule has 80 valence electrons. The molecule has 0 spiro atoms. The first kappa shape index (κ1) is 10.6. The van der Waals surface area contributed by atoms with Crippen LogP contribution in [0.15, 0.2) is 29.3 Å². The van der Waals surface area contributed by atoms with Crippen molar-refractivity contribution in [1.29, 1.82) is 0 Å². The highest BCUT2D eigenvalue weighted by molar-refractivity contribution is 9.09. The Bertz CT molecular complexity index is 446. The number of hydrogen-bond donors (Lipinski definition) is 1. The predicted octanol–water partition coefficient (Wildman–Crippen LogP) is 0.0731. The molecule has 0 saturated heterocycles. The van der Waals surface area contributed by atoms with Crippen molar-refractivity contribution in [1.82, 2.24) is 4.90 Å². The second-order valence-corrected chi connectivity index (χ2v) is 4.06. The number of alkyl halides is 1. The number of hydrogen-bond acceptors (Lipinski definition) is 3. The number of rotatable bonds is 3. The van der Waals surface area contributed by atoms with Gasteiger partial charge in [-0.2, -0.15) is 0 Å². The molecule has 1 aliphatic rings. The number of para-hydroxylation sites is 1.